The van der Waals surface area contributed by atoms with Gasteiger partial charge < -0.3 is 15.5 Å². The molecule has 0 saturated carbocycles. The quantitative estimate of drug-likeness (QED) is 0.745. The number of nitrogens with zero attached hydrogens (tertiary/aromatic N) is 2. The molecule has 1 heterocycles. The summed E-state index contributed by atoms with van der Waals surface area (Å²) in [6.07, 6.45) is 0. The molecule has 1 saturated heterocycles. The topological polar surface area (TPSA) is 110 Å². The first-order valence-corrected chi connectivity index (χ1v) is 8.04. The van der Waals surface area contributed by atoms with Gasteiger partial charge in [-0.05, 0) is 32.0 Å². The van der Waals surface area contributed by atoms with Crippen molar-refractivity contribution >= 4 is 27.3 Å². The number of amides is 1. The average Bonchev–Trinajstić information content (AvgIpc) is 2.34. The van der Waals surface area contributed by atoms with Crippen LogP contribution in [0.25, 0.3) is 0 Å². The number of hydrogen-bond donors (Lipinski definition) is 2. The summed E-state index contributed by atoms with van der Waals surface area (Å²) in [7, 11) is -2.10. The van der Waals surface area contributed by atoms with Crippen LogP contribution >= 0.6 is 0 Å². The van der Waals surface area contributed by atoms with Gasteiger partial charge in [0.15, 0.2) is 0 Å². The Morgan fingerprint density at radius 3 is 2.38 bits per heavy atom. The zero-order valence-corrected chi connectivity index (χ0v) is 13.1. The van der Waals surface area contributed by atoms with Crippen LogP contribution in [0, 0.1) is 0 Å². The average molecular weight is 312 g/mol. The van der Waals surface area contributed by atoms with Gasteiger partial charge in [0, 0.05) is 31.5 Å². The molecule has 0 spiro atoms. The minimum atomic E-state index is -3.85. The summed E-state index contributed by atoms with van der Waals surface area (Å²) in [6, 6.07) is 4.41. The number of sulfonamides is 1. The molecule has 1 aliphatic heterocycles. The van der Waals surface area contributed by atoms with Crippen molar-refractivity contribution < 1.29 is 13.2 Å². The maximum atomic E-state index is 12.3. The molecule has 1 amide bonds. The van der Waals surface area contributed by atoms with Crippen molar-refractivity contribution in [2.75, 3.05) is 30.8 Å². The van der Waals surface area contributed by atoms with Crippen LogP contribution in [0.1, 0.15) is 13.8 Å². The fourth-order valence-corrected chi connectivity index (χ4v) is 3.18. The number of benzene rings is 1. The van der Waals surface area contributed by atoms with Crippen LogP contribution in [0.3, 0.4) is 0 Å². The molecule has 0 bridgehead atoms. The first-order chi connectivity index (χ1) is 9.53. The molecule has 116 valence electrons. The van der Waals surface area contributed by atoms with E-state index in [1.54, 1.807) is 31.9 Å². The first-order valence-electron chi connectivity index (χ1n) is 6.50. The first kappa shape index (κ1) is 15.6. The molecular weight excluding hydrogens is 292 g/mol. The molecule has 0 aromatic heterocycles. The smallest absolute Gasteiger partial charge is 0.247 e. The van der Waals surface area contributed by atoms with Gasteiger partial charge in [0.2, 0.25) is 15.9 Å². The van der Waals surface area contributed by atoms with E-state index in [1.165, 1.54) is 12.1 Å². The minimum Gasteiger partial charge on any atom is -0.399 e. The molecule has 1 aromatic carbocycles. The van der Waals surface area contributed by atoms with Crippen molar-refractivity contribution in [3.05, 3.63) is 18.2 Å². The van der Waals surface area contributed by atoms with Crippen molar-refractivity contribution in [1.29, 1.82) is 0 Å². The molecular formula is C13H20N4O3S. The maximum absolute atomic E-state index is 12.3. The number of primary sulfonamides is 1. The molecule has 0 radical (unpaired) electrons. The van der Waals surface area contributed by atoms with Gasteiger partial charge in [-0.2, -0.15) is 0 Å². The SMILES string of the molecule is CN1CCN(c2cc(N)cc(S(N)(=O)=O)c2)C(C)(C)C1=O. The molecule has 1 aliphatic rings. The second-order valence-electron chi connectivity index (χ2n) is 5.74. The van der Waals surface area contributed by atoms with E-state index < -0.39 is 15.6 Å². The van der Waals surface area contributed by atoms with Crippen LogP contribution in [0.15, 0.2) is 23.1 Å². The molecule has 0 aliphatic carbocycles. The van der Waals surface area contributed by atoms with Crippen molar-refractivity contribution in [3.63, 3.8) is 0 Å². The number of likely N-dealkylation sites (N-methyl/N-ethyl adjacent to an activating group) is 1. The molecule has 1 fully saturated rings. The molecule has 8 heteroatoms. The fraction of sp³-hybridized carbons (Fsp3) is 0.462. The number of carbonyl (C=O) groups excluding carboxylic acids is 1. The molecule has 0 unspecified atom stereocenters. The largest absolute Gasteiger partial charge is 0.399 e. The Kier molecular flexibility index (Phi) is 3.63. The maximum Gasteiger partial charge on any atom is 0.247 e. The zero-order valence-electron chi connectivity index (χ0n) is 12.3. The monoisotopic (exact) mass is 312 g/mol. The lowest BCUT2D eigenvalue weighted by Crippen LogP contribution is -2.62. The van der Waals surface area contributed by atoms with E-state index in [9.17, 15) is 13.2 Å². The standard InChI is InChI=1S/C13H20N4O3S/c1-13(2)12(18)16(3)4-5-17(13)10-6-9(14)7-11(8-10)21(15,19)20/h6-8H,4-5,14H2,1-3H3,(H2,15,19,20). The zero-order chi connectivity index (χ0) is 16.0. The summed E-state index contributed by atoms with van der Waals surface area (Å²) in [6.45, 7) is 4.74. The van der Waals surface area contributed by atoms with Gasteiger partial charge in [-0.3, -0.25) is 4.79 Å². The van der Waals surface area contributed by atoms with Gasteiger partial charge >= 0.3 is 0 Å². The Balaban J connectivity index is 2.52. The Labute approximate surface area is 124 Å². The number of nitrogen functional groups attached to an aromatic ring is 1. The van der Waals surface area contributed by atoms with Gasteiger partial charge in [0.1, 0.15) is 5.54 Å². The molecule has 21 heavy (non-hydrogen) atoms. The Bertz CT molecular complexity index is 685. The third kappa shape index (κ3) is 2.81. The number of piperazine rings is 1. The summed E-state index contributed by atoms with van der Waals surface area (Å²) in [5, 5.41) is 5.16. The summed E-state index contributed by atoms with van der Waals surface area (Å²) < 4.78 is 23.1. The van der Waals surface area contributed by atoms with E-state index in [-0.39, 0.29) is 10.8 Å². The third-order valence-electron chi connectivity index (χ3n) is 3.76. The number of hydrogen-bond acceptors (Lipinski definition) is 5. The Morgan fingerprint density at radius 1 is 1.19 bits per heavy atom. The van der Waals surface area contributed by atoms with Crippen molar-refractivity contribution in [2.24, 2.45) is 5.14 Å². The van der Waals surface area contributed by atoms with E-state index >= 15 is 0 Å². The Morgan fingerprint density at radius 2 is 1.81 bits per heavy atom. The number of nitrogens with two attached hydrogens (primary N) is 2. The summed E-state index contributed by atoms with van der Waals surface area (Å²) in [5.74, 6) is -0.0340. The third-order valence-corrected chi connectivity index (χ3v) is 4.65. The van der Waals surface area contributed by atoms with E-state index in [0.717, 1.165) is 0 Å². The minimum absolute atomic E-state index is 0.0340. The van der Waals surface area contributed by atoms with E-state index in [1.807, 2.05) is 4.90 Å². The molecule has 4 N–H and O–H groups in total. The van der Waals surface area contributed by atoms with Crippen molar-refractivity contribution in [2.45, 2.75) is 24.3 Å². The van der Waals surface area contributed by atoms with Crippen molar-refractivity contribution in [3.8, 4) is 0 Å². The second kappa shape index (κ2) is 4.88. The summed E-state index contributed by atoms with van der Waals surface area (Å²) in [4.78, 5) is 15.8. The van der Waals surface area contributed by atoms with Crippen LogP contribution in [0.5, 0.6) is 0 Å². The fourth-order valence-electron chi connectivity index (χ4n) is 2.59. The predicted molar refractivity (Wildman–Crippen MR) is 81.3 cm³/mol. The van der Waals surface area contributed by atoms with Crippen LogP contribution in [0.2, 0.25) is 0 Å². The van der Waals surface area contributed by atoms with E-state index in [2.05, 4.69) is 0 Å². The van der Waals surface area contributed by atoms with Gasteiger partial charge in [-0.25, -0.2) is 13.6 Å². The molecule has 2 rings (SSSR count). The number of carbonyl (C=O) groups is 1. The highest BCUT2D eigenvalue weighted by atomic mass is 32.2. The molecule has 1 aromatic rings. The summed E-state index contributed by atoms with van der Waals surface area (Å²) >= 11 is 0. The second-order valence-corrected chi connectivity index (χ2v) is 7.30. The van der Waals surface area contributed by atoms with Gasteiger partial charge in [-0.15, -0.1) is 0 Å². The van der Waals surface area contributed by atoms with Crippen LogP contribution in [-0.2, 0) is 14.8 Å². The van der Waals surface area contributed by atoms with Crippen LogP contribution in [-0.4, -0.2) is 44.9 Å². The van der Waals surface area contributed by atoms with E-state index in [4.69, 9.17) is 10.9 Å². The van der Waals surface area contributed by atoms with Crippen LogP contribution in [0.4, 0.5) is 11.4 Å². The Hall–Kier alpha value is -1.80. The van der Waals surface area contributed by atoms with Crippen LogP contribution < -0.4 is 15.8 Å². The van der Waals surface area contributed by atoms with Crippen molar-refractivity contribution in [1.82, 2.24) is 4.90 Å². The lowest BCUT2D eigenvalue weighted by Gasteiger charge is -2.46. The normalized spacial score (nSPS) is 19.0. The predicted octanol–water partition coefficient (Wildman–Crippen LogP) is -0.0268. The number of anilines is 2. The highest BCUT2D eigenvalue weighted by Gasteiger charge is 2.40. The van der Waals surface area contributed by atoms with Gasteiger partial charge in [0.25, 0.3) is 0 Å². The van der Waals surface area contributed by atoms with Gasteiger partial charge in [-0.1, -0.05) is 0 Å². The molecule has 7 nitrogen and oxygen atoms in total. The molecule has 0 atom stereocenters. The highest BCUT2D eigenvalue weighted by Crippen LogP contribution is 2.31. The lowest BCUT2D eigenvalue weighted by atomic mass is 9.96. The highest BCUT2D eigenvalue weighted by molar-refractivity contribution is 7.89. The lowest BCUT2D eigenvalue weighted by molar-refractivity contribution is -0.136. The number of rotatable bonds is 2. The van der Waals surface area contributed by atoms with Gasteiger partial charge in [0.05, 0.1) is 4.90 Å². The summed E-state index contributed by atoms with van der Waals surface area (Å²) in [5.41, 5.74) is 5.85. The van der Waals surface area contributed by atoms with E-state index in [0.29, 0.717) is 24.5 Å².